The number of alkyl halides is 1. The molecule has 17 heavy (non-hydrogen) atoms. The largest absolute Gasteiger partial charge is 0.338 e. The van der Waals surface area contributed by atoms with Gasteiger partial charge in [-0.2, -0.15) is 0 Å². The third kappa shape index (κ3) is 4.00. The van der Waals surface area contributed by atoms with E-state index in [-0.39, 0.29) is 0 Å². The first-order valence-electron chi connectivity index (χ1n) is 6.56. The Morgan fingerprint density at radius 2 is 2.41 bits per heavy atom. The van der Waals surface area contributed by atoms with Crippen LogP contribution in [0.3, 0.4) is 0 Å². The molecule has 1 fully saturated rings. The number of imidazole rings is 1. The molecule has 96 valence electrons. The Bertz CT molecular complexity index is 337. The van der Waals surface area contributed by atoms with E-state index in [1.165, 1.54) is 25.7 Å². The molecule has 0 bridgehead atoms. The Morgan fingerprint density at radius 3 is 3.12 bits per heavy atom. The fraction of sp³-hybridized carbons (Fsp3) is 0.769. The molecule has 3 nitrogen and oxygen atoms in total. The number of nitrogens with zero attached hydrogens (tertiary/aromatic N) is 2. The number of aromatic nitrogens is 2. The molecule has 0 aromatic carbocycles. The van der Waals surface area contributed by atoms with Crippen molar-refractivity contribution >= 4 is 11.6 Å². The van der Waals surface area contributed by atoms with Crippen LogP contribution < -0.4 is 5.32 Å². The van der Waals surface area contributed by atoms with Crippen LogP contribution in [0.4, 0.5) is 0 Å². The summed E-state index contributed by atoms with van der Waals surface area (Å²) >= 11 is 6.19. The van der Waals surface area contributed by atoms with E-state index in [4.69, 9.17) is 11.6 Å². The minimum absolute atomic E-state index is 0.407. The van der Waals surface area contributed by atoms with E-state index in [0.29, 0.717) is 5.38 Å². The maximum absolute atomic E-state index is 6.19. The third-order valence-electron chi connectivity index (χ3n) is 3.60. The van der Waals surface area contributed by atoms with Gasteiger partial charge >= 0.3 is 0 Å². The van der Waals surface area contributed by atoms with E-state index in [0.717, 1.165) is 31.3 Å². The summed E-state index contributed by atoms with van der Waals surface area (Å²) in [6.07, 6.45) is 9.85. The second kappa shape index (κ2) is 6.41. The van der Waals surface area contributed by atoms with Crippen LogP contribution in [0.2, 0.25) is 0 Å². The standard InChI is InChI=1S/C13H22ClN3/c1-17-8-7-16-13(17)5-6-15-10-11-3-2-4-12(14)9-11/h7-8,11-12,15H,2-6,9-10H2,1H3. The summed E-state index contributed by atoms with van der Waals surface area (Å²) in [5.41, 5.74) is 0. The van der Waals surface area contributed by atoms with Crippen molar-refractivity contribution in [1.82, 2.24) is 14.9 Å². The molecule has 4 heteroatoms. The van der Waals surface area contributed by atoms with Gasteiger partial charge in [0.1, 0.15) is 5.82 Å². The van der Waals surface area contributed by atoms with Crippen molar-refractivity contribution in [3.8, 4) is 0 Å². The van der Waals surface area contributed by atoms with Gasteiger partial charge in [0.15, 0.2) is 0 Å². The quantitative estimate of drug-likeness (QED) is 0.647. The van der Waals surface area contributed by atoms with Gasteiger partial charge < -0.3 is 9.88 Å². The molecule has 0 radical (unpaired) electrons. The topological polar surface area (TPSA) is 29.9 Å². The van der Waals surface area contributed by atoms with Crippen molar-refractivity contribution in [3.63, 3.8) is 0 Å². The summed E-state index contributed by atoms with van der Waals surface area (Å²) in [7, 11) is 2.04. The molecule has 0 spiro atoms. The smallest absolute Gasteiger partial charge is 0.109 e. The van der Waals surface area contributed by atoms with Crippen molar-refractivity contribution in [1.29, 1.82) is 0 Å². The minimum atomic E-state index is 0.407. The van der Waals surface area contributed by atoms with Gasteiger partial charge in [0.2, 0.25) is 0 Å². The molecule has 0 aliphatic heterocycles. The first-order chi connectivity index (χ1) is 8.25. The van der Waals surface area contributed by atoms with Crippen LogP contribution in [0.25, 0.3) is 0 Å². The van der Waals surface area contributed by atoms with E-state index in [1.807, 2.05) is 19.4 Å². The van der Waals surface area contributed by atoms with Gasteiger partial charge in [0.05, 0.1) is 0 Å². The second-order valence-electron chi connectivity index (χ2n) is 5.04. The van der Waals surface area contributed by atoms with Gasteiger partial charge in [-0.25, -0.2) is 4.98 Å². The number of nitrogens with one attached hydrogen (secondary N) is 1. The van der Waals surface area contributed by atoms with E-state index < -0.39 is 0 Å². The summed E-state index contributed by atoms with van der Waals surface area (Å²) in [4.78, 5) is 4.31. The van der Waals surface area contributed by atoms with Crippen LogP contribution in [0.1, 0.15) is 31.5 Å². The van der Waals surface area contributed by atoms with Crippen molar-refractivity contribution in [2.45, 2.75) is 37.5 Å². The van der Waals surface area contributed by atoms with Crippen LogP contribution in [0.5, 0.6) is 0 Å². The molecule has 2 unspecified atom stereocenters. The Kier molecular flexibility index (Phi) is 4.86. The highest BCUT2D eigenvalue weighted by molar-refractivity contribution is 6.20. The van der Waals surface area contributed by atoms with Gasteiger partial charge in [-0.3, -0.25) is 0 Å². The van der Waals surface area contributed by atoms with E-state index in [9.17, 15) is 0 Å². The number of hydrogen-bond acceptors (Lipinski definition) is 2. The van der Waals surface area contributed by atoms with Gasteiger partial charge in [0.25, 0.3) is 0 Å². The fourth-order valence-electron chi connectivity index (χ4n) is 2.55. The van der Waals surface area contributed by atoms with Crippen molar-refractivity contribution in [3.05, 3.63) is 18.2 Å². The summed E-state index contributed by atoms with van der Waals surface area (Å²) < 4.78 is 2.08. The molecule has 2 rings (SSSR count). The predicted molar refractivity (Wildman–Crippen MR) is 71.4 cm³/mol. The monoisotopic (exact) mass is 255 g/mol. The van der Waals surface area contributed by atoms with Crippen molar-refractivity contribution in [2.24, 2.45) is 13.0 Å². The number of halogens is 1. The Labute approximate surface area is 109 Å². The van der Waals surface area contributed by atoms with Gasteiger partial charge in [0, 0.05) is 37.8 Å². The molecule has 0 saturated heterocycles. The Morgan fingerprint density at radius 1 is 1.53 bits per heavy atom. The fourth-order valence-corrected chi connectivity index (χ4v) is 2.96. The summed E-state index contributed by atoms with van der Waals surface area (Å²) in [5, 5.41) is 3.94. The average Bonchev–Trinajstić information content (AvgIpc) is 2.71. The lowest BCUT2D eigenvalue weighted by Crippen LogP contribution is -2.29. The molecule has 1 aromatic heterocycles. The van der Waals surface area contributed by atoms with E-state index in [1.54, 1.807) is 0 Å². The summed E-state index contributed by atoms with van der Waals surface area (Å²) in [5.74, 6) is 1.92. The highest BCUT2D eigenvalue weighted by Gasteiger charge is 2.19. The third-order valence-corrected chi connectivity index (χ3v) is 3.99. The molecule has 1 aliphatic rings. The molecular formula is C13H22ClN3. The summed E-state index contributed by atoms with van der Waals surface area (Å²) in [6, 6.07) is 0. The number of hydrogen-bond donors (Lipinski definition) is 1. The molecule has 0 amide bonds. The zero-order chi connectivity index (χ0) is 12.1. The summed E-state index contributed by atoms with van der Waals surface area (Å²) in [6.45, 7) is 2.11. The lowest BCUT2D eigenvalue weighted by Gasteiger charge is -2.25. The first-order valence-corrected chi connectivity index (χ1v) is 7.00. The normalized spacial score (nSPS) is 25.1. The second-order valence-corrected chi connectivity index (χ2v) is 5.66. The van der Waals surface area contributed by atoms with Gasteiger partial charge in [-0.15, -0.1) is 11.6 Å². The highest BCUT2D eigenvalue weighted by atomic mass is 35.5. The van der Waals surface area contributed by atoms with Crippen LogP contribution in [-0.2, 0) is 13.5 Å². The first kappa shape index (κ1) is 12.9. The van der Waals surface area contributed by atoms with Crippen molar-refractivity contribution in [2.75, 3.05) is 13.1 Å². The average molecular weight is 256 g/mol. The Hall–Kier alpha value is -0.540. The molecular weight excluding hydrogens is 234 g/mol. The maximum atomic E-state index is 6.19. The van der Waals surface area contributed by atoms with Crippen LogP contribution in [0.15, 0.2) is 12.4 Å². The van der Waals surface area contributed by atoms with Crippen LogP contribution in [0, 0.1) is 5.92 Å². The number of rotatable bonds is 5. The molecule has 1 aliphatic carbocycles. The molecule has 2 atom stereocenters. The van der Waals surface area contributed by atoms with Gasteiger partial charge in [-0.1, -0.05) is 6.42 Å². The SMILES string of the molecule is Cn1ccnc1CCNCC1CCCC(Cl)C1. The molecule has 1 heterocycles. The van der Waals surface area contributed by atoms with Crippen LogP contribution in [-0.4, -0.2) is 28.0 Å². The lowest BCUT2D eigenvalue weighted by atomic mass is 9.89. The molecule has 1 N–H and O–H groups in total. The van der Waals surface area contributed by atoms with E-state index >= 15 is 0 Å². The lowest BCUT2D eigenvalue weighted by molar-refractivity contribution is 0.347. The zero-order valence-electron chi connectivity index (χ0n) is 10.5. The number of aryl methyl sites for hydroxylation is 1. The van der Waals surface area contributed by atoms with Crippen molar-refractivity contribution < 1.29 is 0 Å². The Balaban J connectivity index is 1.61. The minimum Gasteiger partial charge on any atom is -0.338 e. The highest BCUT2D eigenvalue weighted by Crippen LogP contribution is 2.27. The molecule has 1 saturated carbocycles. The van der Waals surface area contributed by atoms with Gasteiger partial charge in [-0.05, 0) is 31.7 Å². The molecule has 1 aromatic rings. The zero-order valence-corrected chi connectivity index (χ0v) is 11.3. The van der Waals surface area contributed by atoms with E-state index in [2.05, 4.69) is 14.9 Å². The maximum Gasteiger partial charge on any atom is 0.109 e. The predicted octanol–water partition coefficient (Wildman–Crippen LogP) is 2.35. The van der Waals surface area contributed by atoms with Crippen LogP contribution >= 0.6 is 11.6 Å².